The van der Waals surface area contributed by atoms with Gasteiger partial charge in [0, 0.05) is 38.6 Å². The number of likely N-dealkylation sites (tertiary alicyclic amines) is 1. The van der Waals surface area contributed by atoms with Crippen LogP contribution in [0.2, 0.25) is 0 Å². The van der Waals surface area contributed by atoms with E-state index < -0.39 is 0 Å². The van der Waals surface area contributed by atoms with Crippen LogP contribution in [0.1, 0.15) is 58.4 Å². The van der Waals surface area contributed by atoms with E-state index in [1.54, 1.807) is 31.4 Å². The lowest BCUT2D eigenvalue weighted by atomic mass is 9.98. The minimum atomic E-state index is -0.186. The van der Waals surface area contributed by atoms with Crippen LogP contribution in [-0.4, -0.2) is 67.4 Å². The number of ether oxygens (including phenoxy) is 1. The molecule has 2 aliphatic rings. The molecule has 1 saturated heterocycles. The zero-order chi connectivity index (χ0) is 23.2. The third-order valence-corrected chi connectivity index (χ3v) is 6.34. The zero-order valence-corrected chi connectivity index (χ0v) is 19.4. The van der Waals surface area contributed by atoms with Crippen LogP contribution >= 0.6 is 0 Å². The summed E-state index contributed by atoms with van der Waals surface area (Å²) in [5, 5.41) is 3.41. The van der Waals surface area contributed by atoms with Crippen LogP contribution in [0.5, 0.6) is 5.75 Å². The van der Waals surface area contributed by atoms with Crippen molar-refractivity contribution >= 4 is 17.8 Å². The minimum absolute atomic E-state index is 0.186. The van der Waals surface area contributed by atoms with Crippen molar-refractivity contribution in [2.24, 2.45) is 4.99 Å². The molecule has 7 heteroatoms. The molecule has 0 saturated carbocycles. The van der Waals surface area contributed by atoms with E-state index in [2.05, 4.69) is 29.3 Å². The smallest absolute Gasteiger partial charge is 0.261 e. The molecule has 0 radical (unpaired) electrons. The van der Waals surface area contributed by atoms with Crippen LogP contribution in [-0.2, 0) is 0 Å². The first-order valence-electron chi connectivity index (χ1n) is 11.7. The van der Waals surface area contributed by atoms with E-state index in [1.807, 2.05) is 12.1 Å². The Morgan fingerprint density at radius 2 is 1.76 bits per heavy atom. The first-order chi connectivity index (χ1) is 16.1. The standard InChI is InChI=1S/C26H32N4O3/c1-3-27-26(29-17-14-20(18-29)19-10-12-21(33-2)13-11-19)28-15-6-7-16-30-24(31)22-8-4-5-9-23(22)25(30)32/h4-5,8-13,20H,3,6-7,14-18H2,1-2H3,(H,27,28). The number of guanidine groups is 1. The van der Waals surface area contributed by atoms with Gasteiger partial charge in [0.1, 0.15) is 5.75 Å². The Morgan fingerprint density at radius 3 is 2.39 bits per heavy atom. The number of unbranched alkanes of at least 4 members (excludes halogenated alkanes) is 1. The highest BCUT2D eigenvalue weighted by molar-refractivity contribution is 6.21. The molecule has 0 bridgehead atoms. The summed E-state index contributed by atoms with van der Waals surface area (Å²) in [4.78, 5) is 33.4. The second-order valence-electron chi connectivity index (χ2n) is 8.46. The van der Waals surface area contributed by atoms with Crippen LogP contribution < -0.4 is 10.1 Å². The topological polar surface area (TPSA) is 74.2 Å². The number of carbonyl (C=O) groups is 2. The maximum Gasteiger partial charge on any atom is 0.261 e. The van der Waals surface area contributed by atoms with Gasteiger partial charge in [0.05, 0.1) is 18.2 Å². The fraction of sp³-hybridized carbons (Fsp3) is 0.423. The molecule has 1 unspecified atom stereocenters. The number of amides is 2. The van der Waals surface area contributed by atoms with Gasteiger partial charge < -0.3 is 15.0 Å². The summed E-state index contributed by atoms with van der Waals surface area (Å²) in [6, 6.07) is 15.4. The highest BCUT2D eigenvalue weighted by Gasteiger charge is 2.34. The van der Waals surface area contributed by atoms with E-state index >= 15 is 0 Å². The van der Waals surface area contributed by atoms with Gasteiger partial charge in [-0.2, -0.15) is 0 Å². The fourth-order valence-corrected chi connectivity index (χ4v) is 4.54. The van der Waals surface area contributed by atoms with E-state index in [-0.39, 0.29) is 11.8 Å². The molecule has 4 rings (SSSR count). The molecule has 2 aliphatic heterocycles. The van der Waals surface area contributed by atoms with Gasteiger partial charge >= 0.3 is 0 Å². The van der Waals surface area contributed by atoms with E-state index in [1.165, 1.54) is 10.5 Å². The number of benzene rings is 2. The lowest BCUT2D eigenvalue weighted by Gasteiger charge is -2.22. The Bertz CT molecular complexity index is 983. The van der Waals surface area contributed by atoms with E-state index in [0.717, 1.165) is 50.6 Å². The summed E-state index contributed by atoms with van der Waals surface area (Å²) in [6.07, 6.45) is 2.65. The minimum Gasteiger partial charge on any atom is -0.497 e. The molecule has 2 aromatic rings. The number of carbonyl (C=O) groups excluding carboxylic acids is 2. The molecule has 1 N–H and O–H groups in total. The molecule has 1 fully saturated rings. The molecule has 1 atom stereocenters. The van der Waals surface area contributed by atoms with Crippen molar-refractivity contribution in [3.05, 3.63) is 65.2 Å². The Morgan fingerprint density at radius 1 is 1.06 bits per heavy atom. The Hall–Kier alpha value is -3.35. The predicted molar refractivity (Wildman–Crippen MR) is 129 cm³/mol. The molecule has 33 heavy (non-hydrogen) atoms. The summed E-state index contributed by atoms with van der Waals surface area (Å²) < 4.78 is 5.27. The first-order valence-corrected chi connectivity index (χ1v) is 11.7. The average molecular weight is 449 g/mol. The monoisotopic (exact) mass is 448 g/mol. The first kappa shape index (κ1) is 22.8. The molecule has 2 heterocycles. The Labute approximate surface area is 195 Å². The van der Waals surface area contributed by atoms with Crippen LogP contribution in [0.3, 0.4) is 0 Å². The van der Waals surface area contributed by atoms with Gasteiger partial charge in [-0.3, -0.25) is 19.5 Å². The molecular formula is C26H32N4O3. The van der Waals surface area contributed by atoms with Crippen molar-refractivity contribution in [3.8, 4) is 5.75 Å². The van der Waals surface area contributed by atoms with Gasteiger partial charge in [0.25, 0.3) is 11.8 Å². The third kappa shape index (κ3) is 5.02. The maximum atomic E-state index is 12.5. The Balaban J connectivity index is 1.27. The summed E-state index contributed by atoms with van der Waals surface area (Å²) in [5.74, 6) is 1.93. The highest BCUT2D eigenvalue weighted by Crippen LogP contribution is 2.28. The molecule has 0 aliphatic carbocycles. The van der Waals surface area contributed by atoms with E-state index in [9.17, 15) is 9.59 Å². The normalized spacial score (nSPS) is 18.1. The predicted octanol–water partition coefficient (Wildman–Crippen LogP) is 3.53. The lowest BCUT2D eigenvalue weighted by molar-refractivity contribution is 0.0652. The Kier molecular flexibility index (Phi) is 7.27. The third-order valence-electron chi connectivity index (χ3n) is 6.34. The molecule has 174 valence electrons. The highest BCUT2D eigenvalue weighted by atomic mass is 16.5. The lowest BCUT2D eigenvalue weighted by Crippen LogP contribution is -2.40. The number of methoxy groups -OCH3 is 1. The SMILES string of the molecule is CCNC(=NCCCCN1C(=O)c2ccccc2C1=O)N1CCC(c2ccc(OC)cc2)C1. The number of nitrogens with one attached hydrogen (secondary N) is 1. The van der Waals surface area contributed by atoms with Crippen molar-refractivity contribution < 1.29 is 14.3 Å². The second kappa shape index (κ2) is 10.5. The average Bonchev–Trinajstić information content (AvgIpc) is 3.43. The van der Waals surface area contributed by atoms with Gasteiger partial charge in [-0.15, -0.1) is 0 Å². The van der Waals surface area contributed by atoms with Crippen molar-refractivity contribution in [2.75, 3.05) is 39.8 Å². The van der Waals surface area contributed by atoms with E-state index in [0.29, 0.717) is 30.1 Å². The fourth-order valence-electron chi connectivity index (χ4n) is 4.54. The number of rotatable bonds is 8. The molecule has 2 amide bonds. The van der Waals surface area contributed by atoms with Crippen molar-refractivity contribution in [1.29, 1.82) is 0 Å². The molecular weight excluding hydrogens is 416 g/mol. The van der Waals surface area contributed by atoms with Crippen LogP contribution in [0.25, 0.3) is 0 Å². The number of hydrogen-bond acceptors (Lipinski definition) is 4. The largest absolute Gasteiger partial charge is 0.497 e. The van der Waals surface area contributed by atoms with Crippen molar-refractivity contribution in [3.63, 3.8) is 0 Å². The molecule has 2 aromatic carbocycles. The summed E-state index contributed by atoms with van der Waals surface area (Å²) in [6.45, 7) is 5.90. The number of imide groups is 1. The summed E-state index contributed by atoms with van der Waals surface area (Å²) in [7, 11) is 1.69. The van der Waals surface area contributed by atoms with Gasteiger partial charge in [0.15, 0.2) is 5.96 Å². The number of fused-ring (bicyclic) bond motifs is 1. The number of aliphatic imine (C=N–C) groups is 1. The van der Waals surface area contributed by atoms with Crippen LogP contribution in [0, 0.1) is 0 Å². The van der Waals surface area contributed by atoms with Crippen molar-refractivity contribution in [1.82, 2.24) is 15.1 Å². The summed E-state index contributed by atoms with van der Waals surface area (Å²) >= 11 is 0. The quantitative estimate of drug-likeness (QED) is 0.289. The van der Waals surface area contributed by atoms with Crippen LogP contribution in [0.15, 0.2) is 53.5 Å². The number of nitrogens with zero attached hydrogens (tertiary/aromatic N) is 3. The molecule has 0 aromatic heterocycles. The maximum absolute atomic E-state index is 12.5. The van der Waals surface area contributed by atoms with Gasteiger partial charge in [0.2, 0.25) is 0 Å². The zero-order valence-electron chi connectivity index (χ0n) is 19.4. The van der Waals surface area contributed by atoms with Gasteiger partial charge in [-0.25, -0.2) is 0 Å². The van der Waals surface area contributed by atoms with E-state index in [4.69, 9.17) is 9.73 Å². The van der Waals surface area contributed by atoms with Gasteiger partial charge in [-0.1, -0.05) is 24.3 Å². The summed E-state index contributed by atoms with van der Waals surface area (Å²) in [5.41, 5.74) is 2.35. The van der Waals surface area contributed by atoms with Crippen molar-refractivity contribution in [2.45, 2.75) is 32.1 Å². The second-order valence-corrected chi connectivity index (χ2v) is 8.46. The molecule has 7 nitrogen and oxygen atoms in total. The molecule has 0 spiro atoms. The van der Waals surface area contributed by atoms with Gasteiger partial charge in [-0.05, 0) is 56.0 Å². The van der Waals surface area contributed by atoms with Crippen LogP contribution in [0.4, 0.5) is 0 Å². The number of hydrogen-bond donors (Lipinski definition) is 1.